The summed E-state index contributed by atoms with van der Waals surface area (Å²) in [6.45, 7) is 0.744. The molecule has 0 saturated heterocycles. The minimum absolute atomic E-state index is 0.490. The van der Waals surface area contributed by atoms with Gasteiger partial charge in [-0.1, -0.05) is 0 Å². The number of thiophene rings is 1. The van der Waals surface area contributed by atoms with Crippen LogP contribution in [0.4, 0.5) is 5.82 Å². The average molecular weight is 341 g/mol. The molecule has 6 heteroatoms. The van der Waals surface area contributed by atoms with Crippen LogP contribution in [0.15, 0.2) is 29.0 Å². The molecule has 0 radical (unpaired) electrons. The highest BCUT2D eigenvalue weighted by Crippen LogP contribution is 2.41. The quantitative estimate of drug-likeness (QED) is 0.728. The molecule has 1 aromatic carbocycles. The van der Waals surface area contributed by atoms with Crippen LogP contribution in [0.2, 0.25) is 0 Å². The van der Waals surface area contributed by atoms with Crippen molar-refractivity contribution in [1.29, 1.82) is 0 Å². The molecule has 1 N–H and O–H groups in total. The fourth-order valence-electron chi connectivity index (χ4n) is 2.71. The Bertz CT molecular complexity index is 860. The van der Waals surface area contributed by atoms with Gasteiger partial charge in [-0.05, 0) is 41.3 Å². The van der Waals surface area contributed by atoms with Gasteiger partial charge in [0.2, 0.25) is 0 Å². The normalized spacial score (nSPS) is 13.9. The smallest absolute Gasteiger partial charge is 0.162 e. The summed E-state index contributed by atoms with van der Waals surface area (Å²) < 4.78 is 10.8. The Morgan fingerprint density at radius 2 is 1.96 bits per heavy atom. The molecular weight excluding hydrogens is 322 g/mol. The summed E-state index contributed by atoms with van der Waals surface area (Å²) in [5.41, 5.74) is 2.14. The van der Waals surface area contributed by atoms with E-state index in [1.165, 1.54) is 18.4 Å². The Morgan fingerprint density at radius 3 is 2.62 bits per heavy atom. The Balaban J connectivity index is 1.78. The number of hydrogen-bond donors (Lipinski definition) is 1. The Hall–Kier alpha value is -2.34. The van der Waals surface area contributed by atoms with Gasteiger partial charge in [-0.25, -0.2) is 9.97 Å². The molecule has 3 aromatic rings. The first-order chi connectivity index (χ1) is 11.8. The maximum absolute atomic E-state index is 5.43. The van der Waals surface area contributed by atoms with Gasteiger partial charge in [0.15, 0.2) is 11.5 Å². The maximum Gasteiger partial charge on any atom is 0.162 e. The van der Waals surface area contributed by atoms with Gasteiger partial charge in [0.05, 0.1) is 19.7 Å². The van der Waals surface area contributed by atoms with Crippen molar-refractivity contribution >= 4 is 28.1 Å². The van der Waals surface area contributed by atoms with Crippen molar-refractivity contribution in [3.05, 3.63) is 40.3 Å². The van der Waals surface area contributed by atoms with Gasteiger partial charge in [0.1, 0.15) is 11.6 Å². The van der Waals surface area contributed by atoms with E-state index in [4.69, 9.17) is 19.4 Å². The zero-order valence-electron chi connectivity index (χ0n) is 13.7. The van der Waals surface area contributed by atoms with E-state index in [0.717, 1.165) is 29.1 Å². The van der Waals surface area contributed by atoms with Gasteiger partial charge in [0.25, 0.3) is 0 Å². The Labute approximate surface area is 144 Å². The monoisotopic (exact) mass is 341 g/mol. The highest BCUT2D eigenvalue weighted by molar-refractivity contribution is 7.07. The molecule has 0 atom stereocenters. The number of ether oxygens (including phenoxy) is 2. The molecule has 24 heavy (non-hydrogen) atoms. The number of hydrogen-bond acceptors (Lipinski definition) is 6. The van der Waals surface area contributed by atoms with Crippen molar-refractivity contribution in [2.45, 2.75) is 25.3 Å². The summed E-state index contributed by atoms with van der Waals surface area (Å²) in [5.74, 6) is 3.64. The van der Waals surface area contributed by atoms with Crippen molar-refractivity contribution < 1.29 is 9.47 Å². The zero-order chi connectivity index (χ0) is 16.5. The van der Waals surface area contributed by atoms with E-state index in [-0.39, 0.29) is 0 Å². The number of methoxy groups -OCH3 is 2. The molecule has 1 fully saturated rings. The molecule has 124 valence electrons. The molecule has 0 bridgehead atoms. The van der Waals surface area contributed by atoms with E-state index in [2.05, 4.69) is 22.1 Å². The van der Waals surface area contributed by atoms with Crippen molar-refractivity contribution in [2.24, 2.45) is 0 Å². The molecule has 1 saturated carbocycles. The zero-order valence-corrected chi connectivity index (χ0v) is 14.5. The van der Waals surface area contributed by atoms with Gasteiger partial charge in [-0.2, -0.15) is 11.3 Å². The van der Waals surface area contributed by atoms with Crippen LogP contribution >= 0.6 is 11.3 Å². The standard InChI is InChI=1S/C18H19N3O2S/c1-22-15-7-13-14(8-16(15)23-2)20-17(12-3-4-12)21-18(13)19-9-11-5-6-24-10-11/h5-8,10,12H,3-4,9H2,1-2H3,(H,19,20,21). The van der Waals surface area contributed by atoms with Crippen LogP contribution in [0.5, 0.6) is 11.5 Å². The van der Waals surface area contributed by atoms with Gasteiger partial charge in [-0.3, -0.25) is 0 Å². The molecule has 2 aromatic heterocycles. The minimum Gasteiger partial charge on any atom is -0.493 e. The van der Waals surface area contributed by atoms with Crippen LogP contribution in [-0.2, 0) is 6.54 Å². The number of benzene rings is 1. The number of fused-ring (bicyclic) bond motifs is 1. The van der Waals surface area contributed by atoms with Gasteiger partial charge in [0, 0.05) is 23.9 Å². The number of aromatic nitrogens is 2. The second-order valence-electron chi connectivity index (χ2n) is 5.91. The maximum atomic E-state index is 5.43. The summed E-state index contributed by atoms with van der Waals surface area (Å²) in [5, 5.41) is 8.63. The van der Waals surface area contributed by atoms with Crippen LogP contribution in [0, 0.1) is 0 Å². The van der Waals surface area contributed by atoms with Gasteiger partial charge in [-0.15, -0.1) is 0 Å². The Morgan fingerprint density at radius 1 is 1.17 bits per heavy atom. The van der Waals surface area contributed by atoms with Crippen molar-refractivity contribution in [3.8, 4) is 11.5 Å². The van der Waals surface area contributed by atoms with Gasteiger partial charge < -0.3 is 14.8 Å². The van der Waals surface area contributed by atoms with Crippen LogP contribution in [0.25, 0.3) is 10.9 Å². The first-order valence-corrected chi connectivity index (χ1v) is 8.91. The fourth-order valence-corrected chi connectivity index (χ4v) is 3.38. The number of anilines is 1. The SMILES string of the molecule is COc1cc2nc(C3CC3)nc(NCc3ccsc3)c2cc1OC. The average Bonchev–Trinajstić information content (AvgIpc) is 3.34. The van der Waals surface area contributed by atoms with Crippen LogP contribution < -0.4 is 14.8 Å². The second kappa shape index (κ2) is 6.28. The summed E-state index contributed by atoms with van der Waals surface area (Å²) in [7, 11) is 3.28. The number of nitrogens with one attached hydrogen (secondary N) is 1. The van der Waals surface area contributed by atoms with Crippen LogP contribution in [-0.4, -0.2) is 24.2 Å². The minimum atomic E-state index is 0.490. The second-order valence-corrected chi connectivity index (χ2v) is 6.69. The van der Waals surface area contributed by atoms with Crippen molar-refractivity contribution in [1.82, 2.24) is 9.97 Å². The largest absolute Gasteiger partial charge is 0.493 e. The third-order valence-corrected chi connectivity index (χ3v) is 4.93. The van der Waals surface area contributed by atoms with Crippen molar-refractivity contribution in [3.63, 3.8) is 0 Å². The number of rotatable bonds is 6. The highest BCUT2D eigenvalue weighted by atomic mass is 32.1. The molecule has 1 aliphatic rings. The Kier molecular flexibility index (Phi) is 3.98. The van der Waals surface area contributed by atoms with Crippen LogP contribution in [0.3, 0.4) is 0 Å². The first kappa shape index (κ1) is 15.2. The molecular formula is C18H19N3O2S. The third-order valence-electron chi connectivity index (χ3n) is 4.20. The lowest BCUT2D eigenvalue weighted by atomic mass is 10.2. The molecule has 4 rings (SSSR count). The summed E-state index contributed by atoms with van der Waals surface area (Å²) in [4.78, 5) is 9.52. The van der Waals surface area contributed by atoms with E-state index in [1.54, 1.807) is 25.6 Å². The summed E-state index contributed by atoms with van der Waals surface area (Å²) in [6.07, 6.45) is 2.34. The molecule has 0 unspecified atom stereocenters. The fraction of sp³-hybridized carbons (Fsp3) is 0.333. The topological polar surface area (TPSA) is 56.3 Å². The lowest BCUT2D eigenvalue weighted by Gasteiger charge is -2.13. The van der Waals surface area contributed by atoms with Crippen LogP contribution in [0.1, 0.15) is 30.1 Å². The predicted octanol–water partition coefficient (Wildman–Crippen LogP) is 4.20. The van der Waals surface area contributed by atoms with E-state index >= 15 is 0 Å². The highest BCUT2D eigenvalue weighted by Gasteiger charge is 2.28. The molecule has 2 heterocycles. The molecule has 0 aliphatic heterocycles. The van der Waals surface area contributed by atoms with Gasteiger partial charge >= 0.3 is 0 Å². The molecule has 0 spiro atoms. The van der Waals surface area contributed by atoms with E-state index in [1.807, 2.05) is 12.1 Å². The third kappa shape index (κ3) is 2.89. The van der Waals surface area contributed by atoms with E-state index < -0.39 is 0 Å². The summed E-state index contributed by atoms with van der Waals surface area (Å²) >= 11 is 1.70. The predicted molar refractivity (Wildman–Crippen MR) is 96.3 cm³/mol. The lowest BCUT2D eigenvalue weighted by Crippen LogP contribution is -2.05. The first-order valence-electron chi connectivity index (χ1n) is 7.97. The molecule has 1 aliphatic carbocycles. The van der Waals surface area contributed by atoms with E-state index in [0.29, 0.717) is 17.4 Å². The molecule has 5 nitrogen and oxygen atoms in total. The lowest BCUT2D eigenvalue weighted by molar-refractivity contribution is 0.356. The number of nitrogens with zero attached hydrogens (tertiary/aromatic N) is 2. The molecule has 0 amide bonds. The van der Waals surface area contributed by atoms with E-state index in [9.17, 15) is 0 Å². The summed E-state index contributed by atoms with van der Waals surface area (Å²) in [6, 6.07) is 5.99. The van der Waals surface area contributed by atoms with Crippen molar-refractivity contribution in [2.75, 3.05) is 19.5 Å².